The third-order valence-corrected chi connectivity index (χ3v) is 3.92. The Morgan fingerprint density at radius 2 is 2.15 bits per heavy atom. The second kappa shape index (κ2) is 7.38. The van der Waals surface area contributed by atoms with E-state index in [1.54, 1.807) is 6.07 Å². The first kappa shape index (κ1) is 15.7. The molecule has 0 spiro atoms. The standard InChI is InChI=1S/C15H21BrFNO2/c1-10(2)18-8-12-4-5-13(20-12)9-19-15-7-11(17)3-6-14(15)16/h3,6-7,10,12-13,18H,4-5,8-9H2,1-2H3. The highest BCUT2D eigenvalue weighted by atomic mass is 79.9. The Kier molecular flexibility index (Phi) is 5.81. The summed E-state index contributed by atoms with van der Waals surface area (Å²) < 4.78 is 25.5. The Bertz CT molecular complexity index is 442. The molecule has 2 unspecified atom stereocenters. The highest BCUT2D eigenvalue weighted by molar-refractivity contribution is 9.10. The van der Waals surface area contributed by atoms with Gasteiger partial charge in [0.2, 0.25) is 0 Å². The molecule has 0 amide bonds. The summed E-state index contributed by atoms with van der Waals surface area (Å²) in [5.41, 5.74) is 0. The molecule has 0 bridgehead atoms. The molecule has 1 fully saturated rings. The van der Waals surface area contributed by atoms with Crippen LogP contribution < -0.4 is 10.1 Å². The van der Waals surface area contributed by atoms with Crippen molar-refractivity contribution in [3.8, 4) is 5.75 Å². The molecule has 3 nitrogen and oxygen atoms in total. The van der Waals surface area contributed by atoms with Gasteiger partial charge in [0.15, 0.2) is 0 Å². The summed E-state index contributed by atoms with van der Waals surface area (Å²) in [6, 6.07) is 4.90. The molecule has 1 aromatic carbocycles. The molecular weight excluding hydrogens is 325 g/mol. The average Bonchev–Trinajstić information content (AvgIpc) is 2.85. The fraction of sp³-hybridized carbons (Fsp3) is 0.600. The van der Waals surface area contributed by atoms with Crippen LogP contribution in [0.5, 0.6) is 5.75 Å². The van der Waals surface area contributed by atoms with Crippen LogP contribution in [0, 0.1) is 5.82 Å². The van der Waals surface area contributed by atoms with Crippen LogP contribution in [-0.4, -0.2) is 31.4 Å². The van der Waals surface area contributed by atoms with Crippen LogP contribution in [0.1, 0.15) is 26.7 Å². The first-order chi connectivity index (χ1) is 9.54. The van der Waals surface area contributed by atoms with Gasteiger partial charge < -0.3 is 14.8 Å². The van der Waals surface area contributed by atoms with E-state index in [1.165, 1.54) is 12.1 Å². The minimum Gasteiger partial charge on any atom is -0.490 e. The van der Waals surface area contributed by atoms with Crippen molar-refractivity contribution >= 4 is 15.9 Å². The largest absolute Gasteiger partial charge is 0.490 e. The SMILES string of the molecule is CC(C)NCC1CCC(COc2cc(F)ccc2Br)O1. The molecule has 1 N–H and O–H groups in total. The van der Waals surface area contributed by atoms with Gasteiger partial charge in [0.1, 0.15) is 18.2 Å². The maximum Gasteiger partial charge on any atom is 0.136 e. The Morgan fingerprint density at radius 3 is 2.90 bits per heavy atom. The maximum absolute atomic E-state index is 13.1. The normalized spacial score (nSPS) is 22.4. The molecule has 0 radical (unpaired) electrons. The number of nitrogens with one attached hydrogen (secondary N) is 1. The Hall–Kier alpha value is -0.650. The Labute approximate surface area is 128 Å². The van der Waals surface area contributed by atoms with E-state index in [0.717, 1.165) is 23.9 Å². The quantitative estimate of drug-likeness (QED) is 0.855. The summed E-state index contributed by atoms with van der Waals surface area (Å²) in [7, 11) is 0. The van der Waals surface area contributed by atoms with Crippen molar-refractivity contribution in [1.29, 1.82) is 0 Å². The second-order valence-corrected chi connectivity index (χ2v) is 6.26. The van der Waals surface area contributed by atoms with Crippen LogP contribution >= 0.6 is 15.9 Å². The average molecular weight is 346 g/mol. The van der Waals surface area contributed by atoms with E-state index in [0.29, 0.717) is 18.4 Å². The summed E-state index contributed by atoms with van der Waals surface area (Å²) >= 11 is 3.35. The first-order valence-electron chi connectivity index (χ1n) is 7.01. The van der Waals surface area contributed by atoms with Gasteiger partial charge in [-0.05, 0) is 40.9 Å². The zero-order valence-corrected chi connectivity index (χ0v) is 13.5. The van der Waals surface area contributed by atoms with E-state index in [4.69, 9.17) is 9.47 Å². The number of hydrogen-bond acceptors (Lipinski definition) is 3. The lowest BCUT2D eigenvalue weighted by atomic mass is 10.2. The molecule has 1 aliphatic heterocycles. The van der Waals surface area contributed by atoms with Gasteiger partial charge in [0.25, 0.3) is 0 Å². The molecule has 20 heavy (non-hydrogen) atoms. The highest BCUT2D eigenvalue weighted by Gasteiger charge is 2.25. The van der Waals surface area contributed by atoms with Crippen molar-refractivity contribution in [3.05, 3.63) is 28.5 Å². The minimum absolute atomic E-state index is 0.0872. The number of rotatable bonds is 6. The monoisotopic (exact) mass is 345 g/mol. The van der Waals surface area contributed by atoms with Gasteiger partial charge in [-0.2, -0.15) is 0 Å². The summed E-state index contributed by atoms with van der Waals surface area (Å²) in [6.07, 6.45) is 2.36. The minimum atomic E-state index is -0.297. The van der Waals surface area contributed by atoms with E-state index < -0.39 is 0 Å². The number of benzene rings is 1. The number of ether oxygens (including phenoxy) is 2. The molecule has 1 aromatic rings. The predicted molar refractivity (Wildman–Crippen MR) is 80.6 cm³/mol. The van der Waals surface area contributed by atoms with Crippen molar-refractivity contribution in [2.75, 3.05) is 13.2 Å². The summed E-state index contributed by atoms with van der Waals surface area (Å²) in [5, 5.41) is 3.38. The van der Waals surface area contributed by atoms with Crippen molar-refractivity contribution in [2.24, 2.45) is 0 Å². The third kappa shape index (κ3) is 4.72. The van der Waals surface area contributed by atoms with Gasteiger partial charge in [0, 0.05) is 18.7 Å². The smallest absolute Gasteiger partial charge is 0.136 e. The predicted octanol–water partition coefficient (Wildman–Crippen LogP) is 3.51. The molecule has 0 aromatic heterocycles. The molecule has 0 aliphatic carbocycles. The van der Waals surface area contributed by atoms with Crippen LogP contribution in [0.15, 0.2) is 22.7 Å². The van der Waals surface area contributed by atoms with Crippen LogP contribution in [0.2, 0.25) is 0 Å². The molecular formula is C15H21BrFNO2. The van der Waals surface area contributed by atoms with E-state index in [-0.39, 0.29) is 18.0 Å². The topological polar surface area (TPSA) is 30.5 Å². The van der Waals surface area contributed by atoms with Gasteiger partial charge >= 0.3 is 0 Å². The van der Waals surface area contributed by atoms with Crippen LogP contribution in [-0.2, 0) is 4.74 Å². The van der Waals surface area contributed by atoms with Gasteiger partial charge in [-0.3, -0.25) is 0 Å². The summed E-state index contributed by atoms with van der Waals surface area (Å²) in [4.78, 5) is 0. The second-order valence-electron chi connectivity index (χ2n) is 5.41. The lowest BCUT2D eigenvalue weighted by molar-refractivity contribution is 0.0176. The molecule has 112 valence electrons. The van der Waals surface area contributed by atoms with Gasteiger partial charge in [0.05, 0.1) is 16.7 Å². The van der Waals surface area contributed by atoms with Crippen LogP contribution in [0.25, 0.3) is 0 Å². The van der Waals surface area contributed by atoms with Crippen LogP contribution in [0.4, 0.5) is 4.39 Å². The lowest BCUT2D eigenvalue weighted by Gasteiger charge is -2.17. The van der Waals surface area contributed by atoms with Crippen molar-refractivity contribution in [2.45, 2.75) is 44.9 Å². The molecule has 1 aliphatic rings. The molecule has 2 rings (SSSR count). The lowest BCUT2D eigenvalue weighted by Crippen LogP contribution is -2.32. The zero-order valence-electron chi connectivity index (χ0n) is 11.9. The Morgan fingerprint density at radius 1 is 1.40 bits per heavy atom. The fourth-order valence-electron chi connectivity index (χ4n) is 2.19. The third-order valence-electron chi connectivity index (χ3n) is 3.27. The van der Waals surface area contributed by atoms with E-state index in [1.807, 2.05) is 0 Å². The molecule has 1 saturated heterocycles. The van der Waals surface area contributed by atoms with E-state index >= 15 is 0 Å². The Balaban J connectivity index is 1.76. The molecule has 5 heteroatoms. The van der Waals surface area contributed by atoms with Gasteiger partial charge in [-0.25, -0.2) is 4.39 Å². The first-order valence-corrected chi connectivity index (χ1v) is 7.80. The van der Waals surface area contributed by atoms with Gasteiger partial charge in [-0.15, -0.1) is 0 Å². The van der Waals surface area contributed by atoms with Crippen molar-refractivity contribution < 1.29 is 13.9 Å². The van der Waals surface area contributed by atoms with E-state index in [9.17, 15) is 4.39 Å². The summed E-state index contributed by atoms with van der Waals surface area (Å²) in [6.45, 7) is 5.58. The number of halogens is 2. The highest BCUT2D eigenvalue weighted by Crippen LogP contribution is 2.27. The molecule has 1 heterocycles. The van der Waals surface area contributed by atoms with Crippen molar-refractivity contribution in [1.82, 2.24) is 5.32 Å². The van der Waals surface area contributed by atoms with Crippen LogP contribution in [0.3, 0.4) is 0 Å². The summed E-state index contributed by atoms with van der Waals surface area (Å²) in [5.74, 6) is 0.229. The fourth-order valence-corrected chi connectivity index (χ4v) is 2.55. The zero-order chi connectivity index (χ0) is 14.5. The number of hydrogen-bond donors (Lipinski definition) is 1. The van der Waals surface area contributed by atoms with Gasteiger partial charge in [-0.1, -0.05) is 13.8 Å². The van der Waals surface area contributed by atoms with Crippen molar-refractivity contribution in [3.63, 3.8) is 0 Å². The maximum atomic E-state index is 13.1. The molecule has 0 saturated carbocycles. The van der Waals surface area contributed by atoms with E-state index in [2.05, 4.69) is 35.1 Å². The molecule has 2 atom stereocenters.